The predicted molar refractivity (Wildman–Crippen MR) is 69.3 cm³/mol. The van der Waals surface area contributed by atoms with Crippen LogP contribution in [-0.4, -0.2) is 9.97 Å². The van der Waals surface area contributed by atoms with Crippen molar-refractivity contribution < 1.29 is 0 Å². The molecule has 0 aromatic carbocycles. The van der Waals surface area contributed by atoms with Crippen molar-refractivity contribution in [3.8, 4) is 0 Å². The molecule has 1 N–H and O–H groups in total. The second-order valence-corrected chi connectivity index (χ2v) is 5.95. The number of hydrogen-bond donors (Lipinski definition) is 1. The van der Waals surface area contributed by atoms with E-state index < -0.39 is 0 Å². The SMILES string of the molecule is Cc1nccc(CNCc2ccc(Br)s2)n1. The van der Waals surface area contributed by atoms with Gasteiger partial charge in [-0.1, -0.05) is 0 Å². The largest absolute Gasteiger partial charge is 0.306 e. The predicted octanol–water partition coefficient (Wildman–Crippen LogP) is 2.90. The minimum Gasteiger partial charge on any atom is -0.306 e. The van der Waals surface area contributed by atoms with Gasteiger partial charge in [-0.3, -0.25) is 0 Å². The normalized spacial score (nSPS) is 10.6. The maximum absolute atomic E-state index is 4.33. The van der Waals surface area contributed by atoms with Crippen LogP contribution in [0.5, 0.6) is 0 Å². The highest BCUT2D eigenvalue weighted by Gasteiger charge is 1.98. The van der Waals surface area contributed by atoms with Gasteiger partial charge in [-0.2, -0.15) is 0 Å². The molecular weight excluding hydrogens is 286 g/mol. The van der Waals surface area contributed by atoms with E-state index in [2.05, 4.69) is 43.3 Å². The first-order valence-corrected chi connectivity index (χ1v) is 6.58. The standard InChI is InChI=1S/C11H12BrN3S/c1-8-14-5-4-9(15-8)6-13-7-10-2-3-11(12)16-10/h2-5,13H,6-7H2,1H3. The van der Waals surface area contributed by atoms with Gasteiger partial charge in [0.2, 0.25) is 0 Å². The zero-order chi connectivity index (χ0) is 11.4. The third kappa shape index (κ3) is 3.37. The lowest BCUT2D eigenvalue weighted by Gasteiger charge is -2.02. The number of nitrogens with zero attached hydrogens (tertiary/aromatic N) is 2. The summed E-state index contributed by atoms with van der Waals surface area (Å²) in [5.74, 6) is 0.818. The first kappa shape index (κ1) is 11.7. The van der Waals surface area contributed by atoms with Gasteiger partial charge in [0.1, 0.15) is 5.82 Å². The number of aromatic nitrogens is 2. The average Bonchev–Trinajstić information content (AvgIpc) is 2.64. The fraction of sp³-hybridized carbons (Fsp3) is 0.273. The molecule has 16 heavy (non-hydrogen) atoms. The maximum Gasteiger partial charge on any atom is 0.125 e. The molecule has 0 aliphatic rings. The molecular formula is C11H12BrN3S. The van der Waals surface area contributed by atoms with E-state index in [9.17, 15) is 0 Å². The summed E-state index contributed by atoms with van der Waals surface area (Å²) < 4.78 is 1.17. The van der Waals surface area contributed by atoms with E-state index >= 15 is 0 Å². The van der Waals surface area contributed by atoms with Crippen molar-refractivity contribution in [1.29, 1.82) is 0 Å². The summed E-state index contributed by atoms with van der Waals surface area (Å²) in [4.78, 5) is 9.71. The fourth-order valence-corrected chi connectivity index (χ4v) is 2.82. The number of aryl methyl sites for hydroxylation is 1. The highest BCUT2D eigenvalue weighted by molar-refractivity contribution is 9.11. The Kier molecular flexibility index (Phi) is 4.04. The molecule has 2 heterocycles. The monoisotopic (exact) mass is 297 g/mol. The van der Waals surface area contributed by atoms with Crippen molar-refractivity contribution in [2.75, 3.05) is 0 Å². The van der Waals surface area contributed by atoms with Crippen LogP contribution in [0.15, 0.2) is 28.2 Å². The van der Waals surface area contributed by atoms with Gasteiger partial charge in [-0.05, 0) is 41.1 Å². The zero-order valence-electron chi connectivity index (χ0n) is 8.90. The van der Waals surface area contributed by atoms with Crippen LogP contribution >= 0.6 is 27.3 Å². The Morgan fingerprint density at radius 2 is 2.19 bits per heavy atom. The lowest BCUT2D eigenvalue weighted by atomic mass is 10.4. The molecule has 0 aliphatic heterocycles. The van der Waals surface area contributed by atoms with Gasteiger partial charge < -0.3 is 5.32 Å². The number of halogens is 1. The summed E-state index contributed by atoms with van der Waals surface area (Å²) >= 11 is 5.20. The molecule has 0 saturated carbocycles. The molecule has 0 atom stereocenters. The van der Waals surface area contributed by atoms with Gasteiger partial charge in [-0.25, -0.2) is 9.97 Å². The van der Waals surface area contributed by atoms with E-state index in [1.165, 1.54) is 8.66 Å². The summed E-state index contributed by atoms with van der Waals surface area (Å²) in [6, 6.07) is 6.12. The minimum absolute atomic E-state index is 0.777. The first-order valence-electron chi connectivity index (χ1n) is 4.97. The highest BCUT2D eigenvalue weighted by atomic mass is 79.9. The Balaban J connectivity index is 1.84. The fourth-order valence-electron chi connectivity index (χ4n) is 1.36. The van der Waals surface area contributed by atoms with Crippen molar-refractivity contribution in [1.82, 2.24) is 15.3 Å². The Morgan fingerprint density at radius 1 is 1.31 bits per heavy atom. The molecule has 2 aromatic heterocycles. The molecule has 0 saturated heterocycles. The van der Waals surface area contributed by atoms with Crippen LogP contribution in [0.3, 0.4) is 0 Å². The van der Waals surface area contributed by atoms with Crippen molar-refractivity contribution >= 4 is 27.3 Å². The van der Waals surface area contributed by atoms with E-state index in [0.717, 1.165) is 24.6 Å². The van der Waals surface area contributed by atoms with Crippen molar-refractivity contribution in [2.45, 2.75) is 20.0 Å². The molecule has 0 aliphatic carbocycles. The van der Waals surface area contributed by atoms with E-state index in [1.807, 2.05) is 13.0 Å². The third-order valence-corrected chi connectivity index (χ3v) is 3.69. The minimum atomic E-state index is 0.777. The van der Waals surface area contributed by atoms with Gasteiger partial charge in [0.25, 0.3) is 0 Å². The second-order valence-electron chi connectivity index (χ2n) is 3.40. The lowest BCUT2D eigenvalue weighted by molar-refractivity contribution is 0.681. The van der Waals surface area contributed by atoms with Gasteiger partial charge in [0.05, 0.1) is 9.48 Å². The topological polar surface area (TPSA) is 37.8 Å². The molecule has 0 fully saturated rings. The molecule has 2 rings (SSSR count). The van der Waals surface area contributed by atoms with Gasteiger partial charge in [0.15, 0.2) is 0 Å². The molecule has 84 valence electrons. The number of nitrogens with one attached hydrogen (secondary N) is 1. The Morgan fingerprint density at radius 3 is 2.88 bits per heavy atom. The summed E-state index contributed by atoms with van der Waals surface area (Å²) in [5.41, 5.74) is 1.03. The molecule has 0 bridgehead atoms. The maximum atomic E-state index is 4.33. The van der Waals surface area contributed by atoms with Crippen molar-refractivity contribution in [3.63, 3.8) is 0 Å². The Bertz CT molecular complexity index is 470. The molecule has 0 spiro atoms. The molecule has 0 unspecified atom stereocenters. The summed E-state index contributed by atoms with van der Waals surface area (Å²) in [7, 11) is 0. The second kappa shape index (κ2) is 5.52. The highest BCUT2D eigenvalue weighted by Crippen LogP contribution is 2.21. The summed E-state index contributed by atoms with van der Waals surface area (Å²) in [6.07, 6.45) is 1.79. The van der Waals surface area contributed by atoms with Crippen molar-refractivity contribution in [3.05, 3.63) is 44.6 Å². The van der Waals surface area contributed by atoms with Crippen LogP contribution in [0.1, 0.15) is 16.4 Å². The van der Waals surface area contributed by atoms with E-state index in [0.29, 0.717) is 0 Å². The van der Waals surface area contributed by atoms with Crippen LogP contribution in [0.2, 0.25) is 0 Å². The van der Waals surface area contributed by atoms with Gasteiger partial charge in [-0.15, -0.1) is 11.3 Å². The van der Waals surface area contributed by atoms with E-state index in [4.69, 9.17) is 0 Å². The molecule has 0 radical (unpaired) electrons. The Hall–Kier alpha value is -0.780. The van der Waals surface area contributed by atoms with Crippen LogP contribution in [-0.2, 0) is 13.1 Å². The third-order valence-electron chi connectivity index (χ3n) is 2.07. The number of thiophene rings is 1. The smallest absolute Gasteiger partial charge is 0.125 e. The number of rotatable bonds is 4. The first-order chi connectivity index (χ1) is 7.74. The van der Waals surface area contributed by atoms with Gasteiger partial charge in [0, 0.05) is 24.2 Å². The molecule has 2 aromatic rings. The van der Waals surface area contributed by atoms with Crippen molar-refractivity contribution in [2.24, 2.45) is 0 Å². The summed E-state index contributed by atoms with van der Waals surface area (Å²) in [6.45, 7) is 3.55. The summed E-state index contributed by atoms with van der Waals surface area (Å²) in [5, 5.41) is 3.36. The average molecular weight is 298 g/mol. The Labute approximate surface area is 107 Å². The van der Waals surface area contributed by atoms with Crippen LogP contribution < -0.4 is 5.32 Å². The molecule has 5 heteroatoms. The van der Waals surface area contributed by atoms with E-state index in [-0.39, 0.29) is 0 Å². The van der Waals surface area contributed by atoms with Crippen LogP contribution in [0, 0.1) is 6.92 Å². The molecule has 0 amide bonds. The van der Waals surface area contributed by atoms with Gasteiger partial charge >= 0.3 is 0 Å². The van der Waals surface area contributed by atoms with Crippen LogP contribution in [0.25, 0.3) is 0 Å². The number of hydrogen-bond acceptors (Lipinski definition) is 4. The van der Waals surface area contributed by atoms with Crippen LogP contribution in [0.4, 0.5) is 0 Å². The molecule has 3 nitrogen and oxygen atoms in total. The lowest BCUT2D eigenvalue weighted by Crippen LogP contribution is -2.13. The zero-order valence-corrected chi connectivity index (χ0v) is 11.3. The van der Waals surface area contributed by atoms with E-state index in [1.54, 1.807) is 17.5 Å². The quantitative estimate of drug-likeness (QED) is 0.943.